The number of nitrogens with zero attached hydrogens (tertiary/aromatic N) is 1. The molecule has 0 amide bonds. The van der Waals surface area contributed by atoms with E-state index in [0.717, 1.165) is 13.0 Å². The van der Waals surface area contributed by atoms with Crippen molar-refractivity contribution in [2.75, 3.05) is 19.8 Å². The fourth-order valence-corrected chi connectivity index (χ4v) is 0.712. The lowest BCUT2D eigenvalue weighted by molar-refractivity contribution is 0.137. The smallest absolute Gasteiger partial charge is 0.235 e. The van der Waals surface area contributed by atoms with Gasteiger partial charge in [0, 0.05) is 6.61 Å². The fourth-order valence-electron chi connectivity index (χ4n) is 0.712. The standard InChI is InChI=1S/C8H15NO2.C4H8/c1-2-3-4-6-11-7-5-9-8-10;1-4(2)3/h2-7H2,1H3;1H2,2-3H3. The molecule has 15 heavy (non-hydrogen) atoms. The van der Waals surface area contributed by atoms with Crippen molar-refractivity contribution < 1.29 is 9.53 Å². The molecular weight excluding hydrogens is 190 g/mol. The van der Waals surface area contributed by atoms with Gasteiger partial charge in [-0.2, -0.15) is 0 Å². The van der Waals surface area contributed by atoms with Crippen LogP contribution < -0.4 is 0 Å². The quantitative estimate of drug-likeness (QED) is 0.282. The molecule has 0 aromatic rings. The third kappa shape index (κ3) is 32.0. The second-order valence-electron chi connectivity index (χ2n) is 3.50. The molecule has 0 aromatic heterocycles. The zero-order chi connectivity index (χ0) is 11.9. The van der Waals surface area contributed by atoms with Crippen LogP contribution in [0.3, 0.4) is 0 Å². The molecule has 0 unspecified atom stereocenters. The van der Waals surface area contributed by atoms with E-state index in [1.165, 1.54) is 24.5 Å². The van der Waals surface area contributed by atoms with Crippen LogP contribution in [-0.2, 0) is 9.53 Å². The largest absolute Gasteiger partial charge is 0.379 e. The zero-order valence-corrected chi connectivity index (χ0v) is 10.2. The van der Waals surface area contributed by atoms with Crippen LogP contribution in [0.5, 0.6) is 0 Å². The van der Waals surface area contributed by atoms with Crippen LogP contribution in [0.15, 0.2) is 17.1 Å². The first kappa shape index (κ1) is 16.5. The van der Waals surface area contributed by atoms with Crippen molar-refractivity contribution in [1.29, 1.82) is 0 Å². The molecule has 0 spiro atoms. The Morgan fingerprint density at radius 2 is 1.93 bits per heavy atom. The van der Waals surface area contributed by atoms with Gasteiger partial charge >= 0.3 is 0 Å². The van der Waals surface area contributed by atoms with E-state index in [-0.39, 0.29) is 0 Å². The first-order chi connectivity index (χ1) is 7.15. The molecule has 0 atom stereocenters. The first-order valence-electron chi connectivity index (χ1n) is 5.38. The Morgan fingerprint density at radius 1 is 1.33 bits per heavy atom. The number of rotatable bonds is 7. The number of hydrogen-bond acceptors (Lipinski definition) is 3. The van der Waals surface area contributed by atoms with Gasteiger partial charge in [-0.15, -0.1) is 6.58 Å². The second kappa shape index (κ2) is 15.5. The van der Waals surface area contributed by atoms with Gasteiger partial charge in [0.2, 0.25) is 6.08 Å². The predicted octanol–water partition coefficient (Wildman–Crippen LogP) is 3.11. The maximum Gasteiger partial charge on any atom is 0.235 e. The molecular formula is C12H23NO2. The molecule has 0 heterocycles. The molecule has 0 aromatic carbocycles. The molecule has 0 saturated heterocycles. The van der Waals surface area contributed by atoms with Crippen LogP contribution in [-0.4, -0.2) is 25.8 Å². The van der Waals surface area contributed by atoms with E-state index >= 15 is 0 Å². The fraction of sp³-hybridized carbons (Fsp3) is 0.750. The van der Waals surface area contributed by atoms with Crippen LogP contribution in [0.4, 0.5) is 0 Å². The van der Waals surface area contributed by atoms with E-state index in [0.29, 0.717) is 13.2 Å². The van der Waals surface area contributed by atoms with Gasteiger partial charge in [-0.25, -0.2) is 9.79 Å². The maximum atomic E-state index is 9.59. The van der Waals surface area contributed by atoms with Gasteiger partial charge in [-0.3, -0.25) is 0 Å². The third-order valence-electron chi connectivity index (χ3n) is 1.30. The van der Waals surface area contributed by atoms with E-state index < -0.39 is 0 Å². The molecule has 0 rings (SSSR count). The monoisotopic (exact) mass is 213 g/mol. The summed E-state index contributed by atoms with van der Waals surface area (Å²) in [6, 6.07) is 0. The molecule has 88 valence electrons. The van der Waals surface area contributed by atoms with Gasteiger partial charge in [0.05, 0.1) is 13.2 Å². The van der Waals surface area contributed by atoms with Crippen molar-refractivity contribution in [3.63, 3.8) is 0 Å². The lowest BCUT2D eigenvalue weighted by Crippen LogP contribution is -1.99. The Kier molecular flexibility index (Phi) is 17.1. The second-order valence-corrected chi connectivity index (χ2v) is 3.50. The van der Waals surface area contributed by atoms with E-state index in [1.54, 1.807) is 0 Å². The Balaban J connectivity index is 0. The number of hydrogen-bond donors (Lipinski definition) is 0. The number of carbonyl (C=O) groups excluding carboxylic acids is 1. The highest BCUT2D eigenvalue weighted by Crippen LogP contribution is 1.93. The number of isocyanates is 1. The normalized spacial score (nSPS) is 8.47. The SMILES string of the molecule is C=C(C)C.CCCCCOCCN=C=O. The number of aliphatic imine (C=N–C) groups is 1. The predicted molar refractivity (Wildman–Crippen MR) is 63.8 cm³/mol. The van der Waals surface area contributed by atoms with E-state index in [4.69, 9.17) is 4.74 Å². The van der Waals surface area contributed by atoms with Crippen molar-refractivity contribution in [3.8, 4) is 0 Å². The number of unbranched alkanes of at least 4 members (excludes halogenated alkanes) is 2. The summed E-state index contributed by atoms with van der Waals surface area (Å²) in [5, 5.41) is 0. The average Bonchev–Trinajstić information content (AvgIpc) is 2.16. The summed E-state index contributed by atoms with van der Waals surface area (Å²) in [6.45, 7) is 11.4. The molecule has 0 aliphatic heterocycles. The molecule has 0 saturated carbocycles. The maximum absolute atomic E-state index is 9.59. The van der Waals surface area contributed by atoms with Crippen LogP contribution in [0.2, 0.25) is 0 Å². The Morgan fingerprint density at radius 3 is 2.40 bits per heavy atom. The first-order valence-corrected chi connectivity index (χ1v) is 5.38. The molecule has 3 nitrogen and oxygen atoms in total. The molecule has 3 heteroatoms. The van der Waals surface area contributed by atoms with Crippen molar-refractivity contribution in [2.24, 2.45) is 4.99 Å². The van der Waals surface area contributed by atoms with Crippen LogP contribution in [0.25, 0.3) is 0 Å². The molecule has 0 radical (unpaired) electrons. The minimum Gasteiger partial charge on any atom is -0.379 e. The van der Waals surface area contributed by atoms with Gasteiger partial charge in [0.15, 0.2) is 0 Å². The lowest BCUT2D eigenvalue weighted by atomic mass is 10.3. The molecule has 0 aliphatic rings. The molecule has 0 bridgehead atoms. The van der Waals surface area contributed by atoms with Crippen LogP contribution >= 0.6 is 0 Å². The van der Waals surface area contributed by atoms with Gasteiger partial charge in [-0.1, -0.05) is 25.3 Å². The molecule has 0 N–H and O–H groups in total. The summed E-state index contributed by atoms with van der Waals surface area (Å²) in [6.07, 6.45) is 4.97. The molecule has 0 aliphatic carbocycles. The Labute approximate surface area is 93.2 Å². The van der Waals surface area contributed by atoms with Crippen molar-refractivity contribution in [1.82, 2.24) is 0 Å². The summed E-state index contributed by atoms with van der Waals surface area (Å²) in [5.41, 5.74) is 1.17. The van der Waals surface area contributed by atoms with Gasteiger partial charge in [-0.05, 0) is 20.3 Å². The highest BCUT2D eigenvalue weighted by Gasteiger charge is 1.86. The van der Waals surface area contributed by atoms with Gasteiger partial charge in [0.1, 0.15) is 0 Å². The van der Waals surface area contributed by atoms with Crippen LogP contribution in [0.1, 0.15) is 40.0 Å². The summed E-state index contributed by atoms with van der Waals surface area (Å²) in [7, 11) is 0. The highest BCUT2D eigenvalue weighted by atomic mass is 16.5. The third-order valence-corrected chi connectivity index (χ3v) is 1.30. The Hall–Kier alpha value is -0.920. The summed E-state index contributed by atoms with van der Waals surface area (Å²) >= 11 is 0. The van der Waals surface area contributed by atoms with Crippen molar-refractivity contribution in [3.05, 3.63) is 12.2 Å². The van der Waals surface area contributed by atoms with Gasteiger partial charge < -0.3 is 4.74 Å². The molecule has 0 fully saturated rings. The number of ether oxygens (including phenoxy) is 1. The lowest BCUT2D eigenvalue weighted by Gasteiger charge is -1.99. The van der Waals surface area contributed by atoms with E-state index in [1.807, 2.05) is 13.8 Å². The topological polar surface area (TPSA) is 38.7 Å². The van der Waals surface area contributed by atoms with E-state index in [9.17, 15) is 4.79 Å². The average molecular weight is 213 g/mol. The van der Waals surface area contributed by atoms with Crippen LogP contribution in [0, 0.1) is 0 Å². The van der Waals surface area contributed by atoms with Crippen molar-refractivity contribution >= 4 is 6.08 Å². The minimum atomic E-state index is 0.440. The van der Waals surface area contributed by atoms with Crippen molar-refractivity contribution in [2.45, 2.75) is 40.0 Å². The zero-order valence-electron chi connectivity index (χ0n) is 10.2. The summed E-state index contributed by atoms with van der Waals surface area (Å²) < 4.78 is 5.17. The summed E-state index contributed by atoms with van der Waals surface area (Å²) in [5.74, 6) is 0. The highest BCUT2D eigenvalue weighted by molar-refractivity contribution is 5.32. The Bertz CT molecular complexity index is 180. The van der Waals surface area contributed by atoms with E-state index in [2.05, 4.69) is 18.5 Å². The summed E-state index contributed by atoms with van der Waals surface area (Å²) in [4.78, 5) is 13.0. The minimum absolute atomic E-state index is 0.440. The number of allylic oxidation sites excluding steroid dienone is 1. The van der Waals surface area contributed by atoms with Gasteiger partial charge in [0.25, 0.3) is 0 Å².